The molecular formula is C13H16N4OS3. The largest absolute Gasteiger partial charge is 0.399 e. The van der Waals surface area contributed by atoms with Crippen LogP contribution in [0.1, 0.15) is 12.8 Å². The number of hydrogen-bond donors (Lipinski definition) is 2. The van der Waals surface area contributed by atoms with E-state index in [9.17, 15) is 4.79 Å². The quantitative estimate of drug-likeness (QED) is 0.457. The molecule has 1 heterocycles. The second-order valence-corrected chi connectivity index (χ2v) is 7.54. The highest BCUT2D eigenvalue weighted by molar-refractivity contribution is 8.02. The third-order valence-electron chi connectivity index (χ3n) is 2.51. The average molecular weight is 340 g/mol. The van der Waals surface area contributed by atoms with Crippen molar-refractivity contribution in [2.75, 3.05) is 23.1 Å². The minimum atomic E-state index is 0.00302. The SMILES string of the molecule is CSc1nnc(SCCCC(=O)Nc2cccc(N)c2)s1. The van der Waals surface area contributed by atoms with Gasteiger partial charge in [0.25, 0.3) is 0 Å². The monoisotopic (exact) mass is 340 g/mol. The molecule has 0 atom stereocenters. The van der Waals surface area contributed by atoms with Crippen LogP contribution in [0.25, 0.3) is 0 Å². The normalized spacial score (nSPS) is 10.5. The van der Waals surface area contributed by atoms with Crippen LogP contribution in [0.4, 0.5) is 11.4 Å². The van der Waals surface area contributed by atoms with Crippen LogP contribution in [0.3, 0.4) is 0 Å². The van der Waals surface area contributed by atoms with E-state index in [0.717, 1.165) is 26.5 Å². The molecule has 0 fully saturated rings. The first-order valence-corrected chi connectivity index (χ1v) is 9.36. The third-order valence-corrected chi connectivity index (χ3v) is 5.63. The molecule has 3 N–H and O–H groups in total. The van der Waals surface area contributed by atoms with Gasteiger partial charge in [0, 0.05) is 23.5 Å². The smallest absolute Gasteiger partial charge is 0.224 e. The Morgan fingerprint density at radius 1 is 1.38 bits per heavy atom. The maximum Gasteiger partial charge on any atom is 0.224 e. The predicted molar refractivity (Wildman–Crippen MR) is 91.1 cm³/mol. The molecule has 0 saturated heterocycles. The number of amides is 1. The van der Waals surface area contributed by atoms with Crippen LogP contribution in [0, 0.1) is 0 Å². The molecule has 0 saturated carbocycles. The summed E-state index contributed by atoms with van der Waals surface area (Å²) in [6, 6.07) is 7.18. The van der Waals surface area contributed by atoms with Crippen molar-refractivity contribution in [2.45, 2.75) is 21.5 Å². The Kier molecular flexibility index (Phi) is 6.34. The fourth-order valence-electron chi connectivity index (χ4n) is 1.57. The van der Waals surface area contributed by atoms with E-state index in [0.29, 0.717) is 12.1 Å². The highest BCUT2D eigenvalue weighted by Gasteiger charge is 2.06. The molecule has 2 rings (SSSR count). The van der Waals surface area contributed by atoms with Crippen LogP contribution in [-0.4, -0.2) is 28.1 Å². The van der Waals surface area contributed by atoms with Crippen LogP contribution in [-0.2, 0) is 4.79 Å². The Balaban J connectivity index is 1.67. The molecule has 21 heavy (non-hydrogen) atoms. The van der Waals surface area contributed by atoms with Gasteiger partial charge in [-0.1, -0.05) is 40.9 Å². The van der Waals surface area contributed by atoms with E-state index in [-0.39, 0.29) is 5.91 Å². The zero-order valence-electron chi connectivity index (χ0n) is 11.5. The lowest BCUT2D eigenvalue weighted by Gasteiger charge is -2.05. The van der Waals surface area contributed by atoms with Gasteiger partial charge in [-0.2, -0.15) is 0 Å². The van der Waals surface area contributed by atoms with E-state index in [1.165, 1.54) is 0 Å². The van der Waals surface area contributed by atoms with Gasteiger partial charge in [0.1, 0.15) is 0 Å². The van der Waals surface area contributed by atoms with E-state index in [1.807, 2.05) is 18.4 Å². The van der Waals surface area contributed by atoms with E-state index in [1.54, 1.807) is 47.0 Å². The summed E-state index contributed by atoms with van der Waals surface area (Å²) in [4.78, 5) is 11.8. The number of carbonyl (C=O) groups excluding carboxylic acids is 1. The number of nitrogen functional groups attached to an aromatic ring is 1. The number of nitrogens with zero attached hydrogens (tertiary/aromatic N) is 2. The van der Waals surface area contributed by atoms with Gasteiger partial charge in [-0.3, -0.25) is 4.79 Å². The van der Waals surface area contributed by atoms with Gasteiger partial charge in [-0.15, -0.1) is 10.2 Å². The summed E-state index contributed by atoms with van der Waals surface area (Å²) in [6.45, 7) is 0. The Labute approximate surface area is 136 Å². The van der Waals surface area contributed by atoms with Crippen LogP contribution >= 0.6 is 34.9 Å². The summed E-state index contributed by atoms with van der Waals surface area (Å²) in [5.74, 6) is 0.858. The molecule has 5 nitrogen and oxygen atoms in total. The molecule has 2 aromatic rings. The number of thioether (sulfide) groups is 2. The summed E-state index contributed by atoms with van der Waals surface area (Å²) >= 11 is 4.82. The van der Waals surface area contributed by atoms with Crippen LogP contribution in [0.15, 0.2) is 32.9 Å². The molecule has 1 aromatic heterocycles. The molecule has 0 spiro atoms. The minimum Gasteiger partial charge on any atom is -0.399 e. The predicted octanol–water partition coefficient (Wildman–Crippen LogP) is 3.35. The van der Waals surface area contributed by atoms with Crippen molar-refractivity contribution >= 4 is 52.1 Å². The summed E-state index contributed by atoms with van der Waals surface area (Å²) in [7, 11) is 0. The first kappa shape index (κ1) is 16.1. The van der Waals surface area contributed by atoms with Gasteiger partial charge in [0.15, 0.2) is 8.68 Å². The molecule has 1 amide bonds. The number of anilines is 2. The topological polar surface area (TPSA) is 80.9 Å². The highest BCUT2D eigenvalue weighted by Crippen LogP contribution is 2.27. The van der Waals surface area contributed by atoms with Crippen molar-refractivity contribution < 1.29 is 4.79 Å². The number of nitrogens with two attached hydrogens (primary N) is 1. The summed E-state index contributed by atoms with van der Waals surface area (Å²) in [5.41, 5.74) is 7.05. The van der Waals surface area contributed by atoms with Crippen LogP contribution in [0.5, 0.6) is 0 Å². The standard InChI is InChI=1S/C13H16N4OS3/c1-19-12-16-17-13(21-12)20-7-3-6-11(18)15-10-5-2-4-9(14)8-10/h2,4-5,8H,3,6-7,14H2,1H3,(H,15,18). The molecule has 8 heteroatoms. The van der Waals surface area contributed by atoms with Crippen molar-refractivity contribution in [3.63, 3.8) is 0 Å². The van der Waals surface area contributed by atoms with Gasteiger partial charge >= 0.3 is 0 Å². The number of nitrogens with one attached hydrogen (secondary N) is 1. The highest BCUT2D eigenvalue weighted by atomic mass is 32.2. The lowest BCUT2D eigenvalue weighted by atomic mass is 10.2. The molecule has 0 radical (unpaired) electrons. The molecule has 0 aliphatic carbocycles. The molecule has 0 bridgehead atoms. The molecule has 0 aliphatic heterocycles. The number of hydrogen-bond acceptors (Lipinski definition) is 7. The van der Waals surface area contributed by atoms with Crippen molar-refractivity contribution in [1.29, 1.82) is 0 Å². The number of benzene rings is 1. The van der Waals surface area contributed by atoms with E-state index >= 15 is 0 Å². The maximum atomic E-state index is 11.8. The van der Waals surface area contributed by atoms with E-state index in [4.69, 9.17) is 5.73 Å². The third kappa shape index (κ3) is 5.56. The van der Waals surface area contributed by atoms with Crippen LogP contribution in [0.2, 0.25) is 0 Å². The lowest BCUT2D eigenvalue weighted by molar-refractivity contribution is -0.116. The fraction of sp³-hybridized carbons (Fsp3) is 0.308. The first-order chi connectivity index (χ1) is 10.2. The Morgan fingerprint density at radius 2 is 2.19 bits per heavy atom. The van der Waals surface area contributed by atoms with Crippen molar-refractivity contribution in [3.8, 4) is 0 Å². The molecule has 0 unspecified atom stereocenters. The molecule has 1 aromatic carbocycles. The Morgan fingerprint density at radius 3 is 2.90 bits per heavy atom. The lowest BCUT2D eigenvalue weighted by Crippen LogP contribution is -2.11. The van der Waals surface area contributed by atoms with Gasteiger partial charge in [0.2, 0.25) is 5.91 Å². The summed E-state index contributed by atoms with van der Waals surface area (Å²) < 4.78 is 1.92. The van der Waals surface area contributed by atoms with Gasteiger partial charge in [-0.25, -0.2) is 0 Å². The summed E-state index contributed by atoms with van der Waals surface area (Å²) in [6.07, 6.45) is 3.26. The zero-order chi connectivity index (χ0) is 15.1. The van der Waals surface area contributed by atoms with Crippen molar-refractivity contribution in [1.82, 2.24) is 10.2 Å². The van der Waals surface area contributed by atoms with Crippen molar-refractivity contribution in [3.05, 3.63) is 24.3 Å². The first-order valence-electron chi connectivity index (χ1n) is 6.33. The molecular weight excluding hydrogens is 324 g/mol. The zero-order valence-corrected chi connectivity index (χ0v) is 14.0. The van der Waals surface area contributed by atoms with Crippen molar-refractivity contribution in [2.24, 2.45) is 0 Å². The van der Waals surface area contributed by atoms with Crippen LogP contribution < -0.4 is 11.1 Å². The average Bonchev–Trinajstić information content (AvgIpc) is 2.91. The Hall–Kier alpha value is -1.25. The second-order valence-electron chi connectivity index (χ2n) is 4.16. The van der Waals surface area contributed by atoms with Gasteiger partial charge < -0.3 is 11.1 Å². The summed E-state index contributed by atoms with van der Waals surface area (Å²) in [5, 5.41) is 10.9. The van der Waals surface area contributed by atoms with E-state index < -0.39 is 0 Å². The number of carbonyl (C=O) groups is 1. The maximum absolute atomic E-state index is 11.8. The minimum absolute atomic E-state index is 0.00302. The number of rotatable bonds is 7. The second kappa shape index (κ2) is 8.26. The van der Waals surface area contributed by atoms with E-state index in [2.05, 4.69) is 15.5 Å². The van der Waals surface area contributed by atoms with Gasteiger partial charge in [-0.05, 0) is 30.9 Å². The molecule has 0 aliphatic rings. The van der Waals surface area contributed by atoms with Gasteiger partial charge in [0.05, 0.1) is 0 Å². The fourth-order valence-corrected chi connectivity index (χ4v) is 4.02. The molecule has 112 valence electrons. The Bertz CT molecular complexity index is 603. The number of aromatic nitrogens is 2.